The highest BCUT2D eigenvalue weighted by molar-refractivity contribution is 5.68. The second-order valence-corrected chi connectivity index (χ2v) is 7.87. The van der Waals surface area contributed by atoms with E-state index in [1.165, 1.54) is 6.42 Å². The molecule has 0 spiro atoms. The van der Waals surface area contributed by atoms with E-state index in [1.54, 1.807) is 17.0 Å². The predicted octanol–water partition coefficient (Wildman–Crippen LogP) is 4.63. The van der Waals surface area contributed by atoms with Gasteiger partial charge in [-0.1, -0.05) is 42.5 Å². The van der Waals surface area contributed by atoms with Crippen molar-refractivity contribution < 1.29 is 23.8 Å². The molecule has 2 aromatic carbocycles. The van der Waals surface area contributed by atoms with Gasteiger partial charge < -0.3 is 19.1 Å². The molecule has 2 aliphatic rings. The summed E-state index contributed by atoms with van der Waals surface area (Å²) in [6.07, 6.45) is 5.18. The summed E-state index contributed by atoms with van der Waals surface area (Å²) in [6, 6.07) is 16.8. The van der Waals surface area contributed by atoms with Gasteiger partial charge in [-0.2, -0.15) is 0 Å². The summed E-state index contributed by atoms with van der Waals surface area (Å²) in [4.78, 5) is 25.3. The van der Waals surface area contributed by atoms with Gasteiger partial charge in [0.1, 0.15) is 12.4 Å². The van der Waals surface area contributed by atoms with Crippen LogP contribution < -0.4 is 4.74 Å². The average molecular weight is 409 g/mol. The van der Waals surface area contributed by atoms with Crippen LogP contribution in [0.1, 0.15) is 49.3 Å². The van der Waals surface area contributed by atoms with Crippen molar-refractivity contribution in [1.82, 2.24) is 4.90 Å². The highest BCUT2D eigenvalue weighted by atomic mass is 16.6. The van der Waals surface area contributed by atoms with E-state index in [2.05, 4.69) is 0 Å². The van der Waals surface area contributed by atoms with Crippen molar-refractivity contribution in [3.05, 3.63) is 65.7 Å². The molecule has 0 radical (unpaired) electrons. The number of carbonyl (C=O) groups excluding carboxylic acids is 2. The molecule has 1 aliphatic carbocycles. The lowest BCUT2D eigenvalue weighted by atomic mass is 9.91. The molecule has 1 unspecified atom stereocenters. The fraction of sp³-hybridized carbons (Fsp3) is 0.417. The first-order valence-corrected chi connectivity index (χ1v) is 10.6. The van der Waals surface area contributed by atoms with Crippen LogP contribution in [0.5, 0.6) is 5.75 Å². The number of benzene rings is 2. The number of carbonyl (C=O) groups is 2. The van der Waals surface area contributed by atoms with E-state index in [0.29, 0.717) is 24.9 Å². The predicted molar refractivity (Wildman–Crippen MR) is 111 cm³/mol. The second kappa shape index (κ2) is 9.76. The Kier molecular flexibility index (Phi) is 6.64. The van der Waals surface area contributed by atoms with Crippen molar-refractivity contribution in [2.45, 2.75) is 57.0 Å². The minimum absolute atomic E-state index is 0.129. The lowest BCUT2D eigenvalue weighted by molar-refractivity contribution is -0.120. The fourth-order valence-electron chi connectivity index (χ4n) is 4.00. The molecular weight excluding hydrogens is 382 g/mol. The number of rotatable bonds is 7. The lowest BCUT2D eigenvalue weighted by Gasteiger charge is -2.41. The molecular formula is C24H27NO5. The summed E-state index contributed by atoms with van der Waals surface area (Å²) in [5.41, 5.74) is 1.94. The van der Waals surface area contributed by atoms with Crippen LogP contribution in [-0.4, -0.2) is 36.2 Å². The van der Waals surface area contributed by atoms with Crippen molar-refractivity contribution in [2.75, 3.05) is 6.54 Å². The number of hydrogen-bond donors (Lipinski definition) is 0. The van der Waals surface area contributed by atoms with Gasteiger partial charge in [0.25, 0.3) is 6.47 Å². The van der Waals surface area contributed by atoms with Crippen LogP contribution in [-0.2, 0) is 20.9 Å². The summed E-state index contributed by atoms with van der Waals surface area (Å²) in [7, 11) is 0. The summed E-state index contributed by atoms with van der Waals surface area (Å²) < 4.78 is 16.7. The summed E-state index contributed by atoms with van der Waals surface area (Å²) >= 11 is 0. The third-order valence-corrected chi connectivity index (χ3v) is 5.88. The van der Waals surface area contributed by atoms with E-state index in [4.69, 9.17) is 14.2 Å². The number of nitrogens with zero attached hydrogens (tertiary/aromatic N) is 1. The molecule has 6 nitrogen and oxygen atoms in total. The smallest absolute Gasteiger partial charge is 0.410 e. The zero-order chi connectivity index (χ0) is 20.8. The zero-order valence-corrected chi connectivity index (χ0v) is 16.9. The molecule has 1 saturated heterocycles. The summed E-state index contributed by atoms with van der Waals surface area (Å²) in [5, 5.41) is 0. The number of ether oxygens (including phenoxy) is 3. The number of hydrogen-bond acceptors (Lipinski definition) is 5. The molecule has 1 saturated carbocycles. The summed E-state index contributed by atoms with van der Waals surface area (Å²) in [5.74, 6) is 0.477. The minimum atomic E-state index is -0.320. The van der Waals surface area contributed by atoms with Crippen LogP contribution in [0.3, 0.4) is 0 Å². The molecule has 1 heterocycles. The number of amides is 1. The van der Waals surface area contributed by atoms with Crippen molar-refractivity contribution in [3.63, 3.8) is 0 Å². The highest BCUT2D eigenvalue weighted by Gasteiger charge is 2.35. The Labute approximate surface area is 176 Å². The lowest BCUT2D eigenvalue weighted by Crippen LogP contribution is -2.44. The molecule has 6 heteroatoms. The van der Waals surface area contributed by atoms with Gasteiger partial charge in [0, 0.05) is 6.54 Å². The molecule has 4 rings (SSSR count). The van der Waals surface area contributed by atoms with Crippen LogP contribution in [0, 0.1) is 0 Å². The fourth-order valence-corrected chi connectivity index (χ4v) is 4.00. The van der Waals surface area contributed by atoms with Gasteiger partial charge in [-0.15, -0.1) is 0 Å². The van der Waals surface area contributed by atoms with Crippen molar-refractivity contribution >= 4 is 12.6 Å². The first-order valence-electron chi connectivity index (χ1n) is 10.6. The quantitative estimate of drug-likeness (QED) is 0.624. The Morgan fingerprint density at radius 3 is 2.43 bits per heavy atom. The van der Waals surface area contributed by atoms with Gasteiger partial charge in [-0.25, -0.2) is 4.79 Å². The Hall–Kier alpha value is -2.86. The van der Waals surface area contributed by atoms with E-state index in [9.17, 15) is 9.59 Å². The van der Waals surface area contributed by atoms with Gasteiger partial charge in [-0.3, -0.25) is 4.79 Å². The first kappa shape index (κ1) is 20.4. The highest BCUT2D eigenvalue weighted by Crippen LogP contribution is 2.36. The third-order valence-electron chi connectivity index (χ3n) is 5.88. The van der Waals surface area contributed by atoms with Crippen LogP contribution >= 0.6 is 0 Å². The molecule has 0 N–H and O–H groups in total. The SMILES string of the molecule is O=COc1ccc(C2C[C@@H](OC3CCC3)CCN2C(=O)OCc2ccccc2)cc1. The van der Waals surface area contributed by atoms with E-state index in [1.807, 2.05) is 42.5 Å². The van der Waals surface area contributed by atoms with Gasteiger partial charge in [0.05, 0.1) is 18.2 Å². The molecule has 0 bridgehead atoms. The maximum absolute atomic E-state index is 12.9. The van der Waals surface area contributed by atoms with Crippen molar-refractivity contribution in [2.24, 2.45) is 0 Å². The van der Waals surface area contributed by atoms with Gasteiger partial charge in [-0.05, 0) is 55.4 Å². The van der Waals surface area contributed by atoms with Crippen molar-refractivity contribution in [3.8, 4) is 5.75 Å². The molecule has 158 valence electrons. The number of piperidine rings is 1. The van der Waals surface area contributed by atoms with Crippen LogP contribution in [0.15, 0.2) is 54.6 Å². The number of likely N-dealkylation sites (tertiary alicyclic amines) is 1. The maximum atomic E-state index is 12.9. The normalized spacial score (nSPS) is 21.5. The third kappa shape index (κ3) is 5.00. The van der Waals surface area contributed by atoms with Crippen LogP contribution in [0.4, 0.5) is 4.79 Å². The van der Waals surface area contributed by atoms with E-state index >= 15 is 0 Å². The topological polar surface area (TPSA) is 65.1 Å². The van der Waals surface area contributed by atoms with Gasteiger partial charge in [0.15, 0.2) is 0 Å². The maximum Gasteiger partial charge on any atom is 0.410 e. The monoisotopic (exact) mass is 409 g/mol. The molecule has 2 atom stereocenters. The average Bonchev–Trinajstić information content (AvgIpc) is 2.76. The Balaban J connectivity index is 1.46. The van der Waals surface area contributed by atoms with E-state index < -0.39 is 0 Å². The Morgan fingerprint density at radius 1 is 1.00 bits per heavy atom. The Bertz CT molecular complexity index is 834. The van der Waals surface area contributed by atoms with E-state index in [0.717, 1.165) is 36.8 Å². The molecule has 0 aromatic heterocycles. The van der Waals surface area contributed by atoms with Crippen molar-refractivity contribution in [1.29, 1.82) is 0 Å². The minimum Gasteiger partial charge on any atom is -0.445 e. The van der Waals surface area contributed by atoms with Crippen LogP contribution in [0.2, 0.25) is 0 Å². The first-order chi connectivity index (χ1) is 14.7. The zero-order valence-electron chi connectivity index (χ0n) is 16.9. The molecule has 1 aliphatic heterocycles. The Morgan fingerprint density at radius 2 is 1.77 bits per heavy atom. The van der Waals surface area contributed by atoms with Gasteiger partial charge >= 0.3 is 6.09 Å². The summed E-state index contributed by atoms with van der Waals surface area (Å²) in [6.45, 7) is 1.24. The van der Waals surface area contributed by atoms with Gasteiger partial charge in [0.2, 0.25) is 0 Å². The molecule has 30 heavy (non-hydrogen) atoms. The van der Waals surface area contributed by atoms with Crippen LogP contribution in [0.25, 0.3) is 0 Å². The molecule has 2 fully saturated rings. The largest absolute Gasteiger partial charge is 0.445 e. The molecule has 2 aromatic rings. The second-order valence-electron chi connectivity index (χ2n) is 7.87. The van der Waals surface area contributed by atoms with E-state index in [-0.39, 0.29) is 24.8 Å². The molecule has 1 amide bonds. The standard InChI is InChI=1S/C24H27NO5/c26-17-29-20-11-9-19(10-12-20)23-15-22(30-21-7-4-8-21)13-14-25(23)24(27)28-16-18-5-2-1-3-6-18/h1-3,5-6,9-12,17,21-23H,4,7-8,13-16H2/t22-,23?/m0/s1.